The van der Waals surface area contributed by atoms with E-state index in [0.717, 1.165) is 11.3 Å². The molecule has 0 aromatic carbocycles. The van der Waals surface area contributed by atoms with E-state index in [9.17, 15) is 9.59 Å². The zero-order chi connectivity index (χ0) is 11.0. The van der Waals surface area contributed by atoms with E-state index in [-0.39, 0.29) is 10.8 Å². The fourth-order valence-corrected chi connectivity index (χ4v) is 2.33. The molecule has 0 atom stereocenters. The van der Waals surface area contributed by atoms with Crippen molar-refractivity contribution < 1.29 is 19.4 Å². The Morgan fingerprint density at radius 2 is 2.33 bits per heavy atom. The van der Waals surface area contributed by atoms with Crippen molar-refractivity contribution in [3.05, 3.63) is 10.3 Å². The van der Waals surface area contributed by atoms with Gasteiger partial charge in [0.25, 0.3) is 0 Å². The molecule has 0 bridgehead atoms. The number of carbonyl (C=O) groups excluding carboxylic acids is 1. The van der Waals surface area contributed by atoms with Gasteiger partial charge < -0.3 is 14.7 Å². The standard InChI is InChI=1S/C9H9NO4S/c1-5(11)10-2-3-14-7-6(10)4-15-8(7)9(12)13/h4H,2-3H2,1H3,(H,12,13). The van der Waals surface area contributed by atoms with E-state index >= 15 is 0 Å². The van der Waals surface area contributed by atoms with Crippen LogP contribution in [0.4, 0.5) is 5.69 Å². The summed E-state index contributed by atoms with van der Waals surface area (Å²) in [5.74, 6) is -0.810. The van der Waals surface area contributed by atoms with Crippen LogP contribution < -0.4 is 9.64 Å². The lowest BCUT2D eigenvalue weighted by molar-refractivity contribution is -0.116. The zero-order valence-electron chi connectivity index (χ0n) is 8.02. The number of nitrogens with zero attached hydrogens (tertiary/aromatic N) is 1. The summed E-state index contributed by atoms with van der Waals surface area (Å²) in [4.78, 5) is 23.8. The first-order valence-corrected chi connectivity index (χ1v) is 5.25. The SMILES string of the molecule is CC(=O)N1CCOc2c1csc2C(=O)O. The molecule has 0 unspecified atom stereocenters. The summed E-state index contributed by atoms with van der Waals surface area (Å²) < 4.78 is 5.27. The average Bonchev–Trinajstić information content (AvgIpc) is 2.59. The van der Waals surface area contributed by atoms with Crippen molar-refractivity contribution in [3.8, 4) is 5.75 Å². The van der Waals surface area contributed by atoms with Gasteiger partial charge in [0.2, 0.25) is 5.91 Å². The number of thiophene rings is 1. The van der Waals surface area contributed by atoms with Crippen molar-refractivity contribution in [1.29, 1.82) is 0 Å². The predicted octanol–water partition coefficient (Wildman–Crippen LogP) is 1.19. The number of carbonyl (C=O) groups is 2. The molecule has 1 amide bonds. The van der Waals surface area contributed by atoms with Crippen LogP contribution in [0.1, 0.15) is 16.6 Å². The van der Waals surface area contributed by atoms with E-state index in [1.165, 1.54) is 11.8 Å². The average molecular weight is 227 g/mol. The van der Waals surface area contributed by atoms with Gasteiger partial charge in [0, 0.05) is 12.3 Å². The Morgan fingerprint density at radius 1 is 1.60 bits per heavy atom. The van der Waals surface area contributed by atoms with Crippen LogP contribution in [0.15, 0.2) is 5.38 Å². The number of aromatic carboxylic acids is 1. The third-order valence-corrected chi connectivity index (χ3v) is 3.09. The topological polar surface area (TPSA) is 66.8 Å². The number of carboxylic acid groups (broad SMARTS) is 1. The van der Waals surface area contributed by atoms with Crippen molar-refractivity contribution >= 4 is 28.9 Å². The smallest absolute Gasteiger partial charge is 0.349 e. The number of hydrogen-bond donors (Lipinski definition) is 1. The number of rotatable bonds is 1. The van der Waals surface area contributed by atoms with Gasteiger partial charge in [0.15, 0.2) is 10.6 Å². The summed E-state index contributed by atoms with van der Waals surface area (Å²) in [5, 5.41) is 10.5. The van der Waals surface area contributed by atoms with E-state index in [2.05, 4.69) is 0 Å². The predicted molar refractivity (Wildman–Crippen MR) is 54.8 cm³/mol. The largest absolute Gasteiger partial charge is 0.488 e. The fourth-order valence-electron chi connectivity index (χ4n) is 1.50. The van der Waals surface area contributed by atoms with Gasteiger partial charge in [-0.15, -0.1) is 11.3 Å². The summed E-state index contributed by atoms with van der Waals surface area (Å²) in [6.45, 7) is 2.26. The van der Waals surface area contributed by atoms with E-state index in [1.807, 2.05) is 0 Å². The first-order valence-electron chi connectivity index (χ1n) is 4.37. The molecule has 0 aliphatic carbocycles. The Morgan fingerprint density at radius 3 is 2.93 bits per heavy atom. The molecule has 5 nitrogen and oxygen atoms in total. The maximum absolute atomic E-state index is 11.3. The van der Waals surface area contributed by atoms with E-state index in [4.69, 9.17) is 9.84 Å². The summed E-state index contributed by atoms with van der Waals surface area (Å²) in [6, 6.07) is 0. The van der Waals surface area contributed by atoms with Crippen molar-refractivity contribution in [2.75, 3.05) is 18.1 Å². The quantitative estimate of drug-likeness (QED) is 0.782. The molecule has 6 heteroatoms. The molecule has 1 N–H and O–H groups in total. The van der Waals surface area contributed by atoms with Gasteiger partial charge in [0.05, 0.1) is 12.2 Å². The van der Waals surface area contributed by atoms with Gasteiger partial charge in [-0.2, -0.15) is 0 Å². The third kappa shape index (κ3) is 1.56. The molecule has 1 aromatic rings. The highest BCUT2D eigenvalue weighted by Crippen LogP contribution is 2.40. The molecule has 80 valence electrons. The number of fused-ring (bicyclic) bond motifs is 1. The van der Waals surface area contributed by atoms with Crippen molar-refractivity contribution in [2.24, 2.45) is 0 Å². The van der Waals surface area contributed by atoms with Crippen molar-refractivity contribution in [3.63, 3.8) is 0 Å². The normalized spacial score (nSPS) is 14.3. The molecular weight excluding hydrogens is 218 g/mol. The minimum absolute atomic E-state index is 0.103. The lowest BCUT2D eigenvalue weighted by Crippen LogP contribution is -2.36. The molecule has 0 saturated carbocycles. The number of amides is 1. The number of ether oxygens (including phenoxy) is 1. The van der Waals surface area contributed by atoms with Gasteiger partial charge in [0.1, 0.15) is 6.61 Å². The lowest BCUT2D eigenvalue weighted by atomic mass is 10.3. The first kappa shape index (κ1) is 9.97. The summed E-state index contributed by atoms with van der Waals surface area (Å²) in [7, 11) is 0. The molecule has 15 heavy (non-hydrogen) atoms. The number of carboxylic acids is 1. The van der Waals surface area contributed by atoms with Crippen LogP contribution in [0.5, 0.6) is 5.75 Å². The van der Waals surface area contributed by atoms with Crippen LogP contribution in [-0.2, 0) is 4.79 Å². The Labute approximate surface area is 89.9 Å². The Hall–Kier alpha value is -1.56. The highest BCUT2D eigenvalue weighted by atomic mass is 32.1. The van der Waals surface area contributed by atoms with E-state index < -0.39 is 5.97 Å². The maximum Gasteiger partial charge on any atom is 0.349 e. The van der Waals surface area contributed by atoms with Crippen molar-refractivity contribution in [1.82, 2.24) is 0 Å². The second-order valence-corrected chi connectivity index (χ2v) is 3.98. The molecule has 1 aliphatic heterocycles. The summed E-state index contributed by atoms with van der Waals surface area (Å²) in [6.07, 6.45) is 0. The monoisotopic (exact) mass is 227 g/mol. The highest BCUT2D eigenvalue weighted by Gasteiger charge is 2.27. The summed E-state index contributed by atoms with van der Waals surface area (Å²) >= 11 is 1.08. The molecule has 2 rings (SSSR count). The molecule has 2 heterocycles. The van der Waals surface area contributed by atoms with E-state index in [0.29, 0.717) is 24.6 Å². The molecule has 1 aromatic heterocycles. The van der Waals surface area contributed by atoms with Crippen LogP contribution >= 0.6 is 11.3 Å². The molecule has 0 spiro atoms. The summed E-state index contributed by atoms with van der Waals surface area (Å²) in [5.41, 5.74) is 0.566. The maximum atomic E-state index is 11.3. The van der Waals surface area contributed by atoms with Gasteiger partial charge in [-0.3, -0.25) is 4.79 Å². The zero-order valence-corrected chi connectivity index (χ0v) is 8.84. The Bertz CT molecular complexity index is 426. The molecular formula is C9H9NO4S. The van der Waals surface area contributed by atoms with E-state index in [1.54, 1.807) is 5.38 Å². The van der Waals surface area contributed by atoms with Crippen LogP contribution in [0.3, 0.4) is 0 Å². The third-order valence-electron chi connectivity index (χ3n) is 2.15. The molecule has 0 radical (unpaired) electrons. The van der Waals surface area contributed by atoms with Gasteiger partial charge in [-0.25, -0.2) is 4.79 Å². The van der Waals surface area contributed by atoms with Crippen molar-refractivity contribution in [2.45, 2.75) is 6.92 Å². The van der Waals surface area contributed by atoms with Crippen LogP contribution in [-0.4, -0.2) is 30.1 Å². The first-order chi connectivity index (χ1) is 7.11. The molecule has 1 aliphatic rings. The Kier molecular flexibility index (Phi) is 2.36. The van der Waals surface area contributed by atoms with Gasteiger partial charge in [-0.1, -0.05) is 0 Å². The minimum atomic E-state index is -1.02. The molecule has 0 saturated heterocycles. The number of hydrogen-bond acceptors (Lipinski definition) is 4. The van der Waals surface area contributed by atoms with Gasteiger partial charge in [-0.05, 0) is 0 Å². The van der Waals surface area contributed by atoms with Crippen LogP contribution in [0.2, 0.25) is 0 Å². The Balaban J connectivity index is 2.46. The minimum Gasteiger partial charge on any atom is -0.488 e. The number of anilines is 1. The second kappa shape index (κ2) is 3.54. The van der Waals surface area contributed by atoms with Crippen LogP contribution in [0, 0.1) is 0 Å². The second-order valence-electron chi connectivity index (χ2n) is 3.10. The van der Waals surface area contributed by atoms with Crippen LogP contribution in [0.25, 0.3) is 0 Å². The van der Waals surface area contributed by atoms with Gasteiger partial charge >= 0.3 is 5.97 Å². The fraction of sp³-hybridized carbons (Fsp3) is 0.333. The molecule has 0 fully saturated rings. The lowest BCUT2D eigenvalue weighted by Gasteiger charge is -2.26. The highest BCUT2D eigenvalue weighted by molar-refractivity contribution is 7.13.